The molecule has 16 heavy (non-hydrogen) atoms. The molecule has 0 aromatic carbocycles. The maximum atomic E-state index is 11.7. The molecule has 7 heteroatoms. The van der Waals surface area contributed by atoms with Gasteiger partial charge < -0.3 is 0 Å². The van der Waals surface area contributed by atoms with Crippen LogP contribution in [0.3, 0.4) is 0 Å². The molecule has 86 valence electrons. The SMILES string of the molecule is CC(=O)SC1CC(=O)N(C2=NC(=O)CS2)C1. The monoisotopic (exact) mass is 258 g/mol. The van der Waals surface area contributed by atoms with Gasteiger partial charge in [-0.25, -0.2) is 0 Å². The van der Waals surface area contributed by atoms with E-state index in [1.54, 1.807) is 0 Å². The molecule has 2 aliphatic heterocycles. The third kappa shape index (κ3) is 2.46. The summed E-state index contributed by atoms with van der Waals surface area (Å²) in [5.74, 6) is 0.0547. The van der Waals surface area contributed by atoms with Crippen LogP contribution in [-0.4, -0.2) is 44.5 Å². The zero-order valence-electron chi connectivity index (χ0n) is 8.63. The van der Waals surface area contributed by atoms with Gasteiger partial charge in [0, 0.05) is 25.1 Å². The molecule has 0 aromatic heterocycles. The van der Waals surface area contributed by atoms with Gasteiger partial charge in [0.1, 0.15) is 0 Å². The van der Waals surface area contributed by atoms with Gasteiger partial charge in [0.05, 0.1) is 5.75 Å². The summed E-state index contributed by atoms with van der Waals surface area (Å²) in [4.78, 5) is 38.9. The molecule has 0 bridgehead atoms. The molecule has 0 spiro atoms. The number of hydrogen-bond acceptors (Lipinski definition) is 5. The molecule has 2 amide bonds. The molecule has 1 fully saturated rings. The Balaban J connectivity index is 2.02. The highest BCUT2D eigenvalue weighted by Gasteiger charge is 2.35. The van der Waals surface area contributed by atoms with E-state index >= 15 is 0 Å². The number of nitrogens with zero attached hydrogens (tertiary/aromatic N) is 2. The second-order valence-electron chi connectivity index (χ2n) is 3.52. The summed E-state index contributed by atoms with van der Waals surface area (Å²) in [6.45, 7) is 1.96. The second kappa shape index (κ2) is 4.58. The number of thioether (sulfide) groups is 2. The molecule has 1 unspecified atom stereocenters. The third-order valence-corrected chi connectivity index (χ3v) is 4.14. The van der Waals surface area contributed by atoms with Gasteiger partial charge in [-0.1, -0.05) is 23.5 Å². The number of likely N-dealkylation sites (tertiary alicyclic amines) is 1. The molecule has 0 aromatic rings. The average molecular weight is 258 g/mol. The minimum Gasteiger partial charge on any atom is -0.290 e. The number of carbonyl (C=O) groups is 3. The minimum absolute atomic E-state index is 0.0102. The van der Waals surface area contributed by atoms with Crippen LogP contribution >= 0.6 is 23.5 Å². The van der Waals surface area contributed by atoms with Gasteiger partial charge in [0.2, 0.25) is 5.91 Å². The lowest BCUT2D eigenvalue weighted by Gasteiger charge is -2.14. The van der Waals surface area contributed by atoms with Crippen LogP contribution in [0.15, 0.2) is 4.99 Å². The fraction of sp³-hybridized carbons (Fsp3) is 0.556. The first-order chi connectivity index (χ1) is 7.56. The smallest absolute Gasteiger partial charge is 0.258 e. The van der Waals surface area contributed by atoms with Crippen LogP contribution in [0.2, 0.25) is 0 Å². The Kier molecular flexibility index (Phi) is 3.34. The quantitative estimate of drug-likeness (QED) is 0.685. The van der Waals surface area contributed by atoms with Crippen molar-refractivity contribution in [3.8, 4) is 0 Å². The van der Waals surface area contributed by atoms with Crippen LogP contribution in [-0.2, 0) is 14.4 Å². The number of rotatable bonds is 1. The van der Waals surface area contributed by atoms with E-state index in [1.807, 2.05) is 0 Å². The van der Waals surface area contributed by atoms with Crippen molar-refractivity contribution in [2.45, 2.75) is 18.6 Å². The summed E-state index contributed by atoms with van der Waals surface area (Å²) in [6.07, 6.45) is 0.345. The molecule has 1 saturated heterocycles. The van der Waals surface area contributed by atoms with Crippen LogP contribution in [0.1, 0.15) is 13.3 Å². The van der Waals surface area contributed by atoms with E-state index in [-0.39, 0.29) is 22.2 Å². The summed E-state index contributed by atoms with van der Waals surface area (Å²) >= 11 is 2.46. The molecule has 0 N–H and O–H groups in total. The summed E-state index contributed by atoms with van der Waals surface area (Å²) in [7, 11) is 0. The molecule has 2 aliphatic rings. The van der Waals surface area contributed by atoms with Gasteiger partial charge in [0.15, 0.2) is 10.3 Å². The van der Waals surface area contributed by atoms with Crippen molar-refractivity contribution >= 4 is 45.6 Å². The lowest BCUT2D eigenvalue weighted by Crippen LogP contribution is -2.29. The molecule has 0 aliphatic carbocycles. The third-order valence-electron chi connectivity index (χ3n) is 2.20. The second-order valence-corrected chi connectivity index (χ2v) is 5.94. The maximum Gasteiger partial charge on any atom is 0.258 e. The summed E-state index contributed by atoms with van der Waals surface area (Å²) in [5.41, 5.74) is 0. The molecule has 1 atom stereocenters. The Morgan fingerprint density at radius 3 is 2.88 bits per heavy atom. The Morgan fingerprint density at radius 1 is 1.56 bits per heavy atom. The Bertz CT molecular complexity index is 394. The van der Waals surface area contributed by atoms with E-state index in [0.29, 0.717) is 23.9 Å². The van der Waals surface area contributed by atoms with Gasteiger partial charge >= 0.3 is 0 Å². The van der Waals surface area contributed by atoms with Crippen LogP contribution in [0.4, 0.5) is 0 Å². The van der Waals surface area contributed by atoms with E-state index in [2.05, 4.69) is 4.99 Å². The van der Waals surface area contributed by atoms with Gasteiger partial charge in [-0.15, -0.1) is 0 Å². The summed E-state index contributed by atoms with van der Waals surface area (Å²) in [6, 6.07) is 0. The number of carbonyl (C=O) groups excluding carboxylic acids is 3. The maximum absolute atomic E-state index is 11.7. The van der Waals surface area contributed by atoms with Gasteiger partial charge in [0.25, 0.3) is 5.91 Å². The highest BCUT2D eigenvalue weighted by atomic mass is 32.2. The van der Waals surface area contributed by atoms with E-state index < -0.39 is 0 Å². The predicted octanol–water partition coefficient (Wildman–Crippen LogP) is 0.496. The van der Waals surface area contributed by atoms with Crippen molar-refractivity contribution in [1.82, 2.24) is 4.90 Å². The van der Waals surface area contributed by atoms with E-state index in [0.717, 1.165) is 0 Å². The molecule has 2 rings (SSSR count). The highest BCUT2D eigenvalue weighted by molar-refractivity contribution is 8.15. The van der Waals surface area contributed by atoms with Crippen LogP contribution < -0.4 is 0 Å². The molecule has 2 heterocycles. The molecule has 0 saturated carbocycles. The van der Waals surface area contributed by atoms with Crippen molar-refractivity contribution in [3.05, 3.63) is 0 Å². The Hall–Kier alpha value is -0.820. The summed E-state index contributed by atoms with van der Waals surface area (Å²) < 4.78 is 0. The van der Waals surface area contributed by atoms with Crippen LogP contribution in [0, 0.1) is 0 Å². The van der Waals surface area contributed by atoms with Gasteiger partial charge in [-0.2, -0.15) is 4.99 Å². The highest BCUT2D eigenvalue weighted by Crippen LogP contribution is 2.28. The molecule has 0 radical (unpaired) electrons. The van der Waals surface area contributed by atoms with Gasteiger partial charge in [-0.05, 0) is 0 Å². The largest absolute Gasteiger partial charge is 0.290 e. The fourth-order valence-electron chi connectivity index (χ4n) is 1.61. The van der Waals surface area contributed by atoms with Crippen molar-refractivity contribution in [2.75, 3.05) is 12.3 Å². The van der Waals surface area contributed by atoms with E-state index in [1.165, 1.54) is 35.3 Å². The van der Waals surface area contributed by atoms with Crippen LogP contribution in [0.25, 0.3) is 0 Å². The Morgan fingerprint density at radius 2 is 2.31 bits per heavy atom. The minimum atomic E-state index is -0.199. The number of aliphatic imine (C=N–C) groups is 1. The van der Waals surface area contributed by atoms with Crippen molar-refractivity contribution in [2.24, 2.45) is 4.99 Å². The van der Waals surface area contributed by atoms with Crippen molar-refractivity contribution < 1.29 is 14.4 Å². The van der Waals surface area contributed by atoms with Gasteiger partial charge in [-0.3, -0.25) is 19.3 Å². The topological polar surface area (TPSA) is 66.8 Å². The number of hydrogen-bond donors (Lipinski definition) is 0. The first kappa shape index (κ1) is 11.7. The first-order valence-electron chi connectivity index (χ1n) is 4.78. The fourth-order valence-corrected chi connectivity index (χ4v) is 3.34. The van der Waals surface area contributed by atoms with Crippen LogP contribution in [0.5, 0.6) is 0 Å². The molecular weight excluding hydrogens is 248 g/mol. The number of amides is 2. The van der Waals surface area contributed by atoms with Crippen molar-refractivity contribution in [1.29, 1.82) is 0 Å². The summed E-state index contributed by atoms with van der Waals surface area (Å²) in [5, 5.41) is 0.488. The standard InChI is InChI=1S/C9H10N2O3S2/c1-5(12)16-6-2-8(14)11(3-6)9-10-7(13)4-15-9/h6H,2-4H2,1H3. The zero-order chi connectivity index (χ0) is 11.7. The zero-order valence-corrected chi connectivity index (χ0v) is 10.3. The predicted molar refractivity (Wildman–Crippen MR) is 63.3 cm³/mol. The normalized spacial score (nSPS) is 25.2. The lowest BCUT2D eigenvalue weighted by molar-refractivity contribution is -0.124. The first-order valence-corrected chi connectivity index (χ1v) is 6.64. The Labute approximate surface area is 101 Å². The molecular formula is C9H10N2O3S2. The van der Waals surface area contributed by atoms with E-state index in [4.69, 9.17) is 0 Å². The van der Waals surface area contributed by atoms with Crippen molar-refractivity contribution in [3.63, 3.8) is 0 Å². The van der Waals surface area contributed by atoms with E-state index in [9.17, 15) is 14.4 Å². The number of amidine groups is 1. The average Bonchev–Trinajstić information content (AvgIpc) is 2.72. The lowest BCUT2D eigenvalue weighted by atomic mass is 10.4. The molecule has 5 nitrogen and oxygen atoms in total.